The highest BCUT2D eigenvalue weighted by atomic mass is 16.7. The molecule has 3 heterocycles. The summed E-state index contributed by atoms with van der Waals surface area (Å²) in [6, 6.07) is 25.5. The quantitative estimate of drug-likeness (QED) is 0.261. The first-order valence-corrected chi connectivity index (χ1v) is 14.4. The molecular weight excluding hydrogens is 530 g/mol. The molecular formula is C35H29NO6. The van der Waals surface area contributed by atoms with Gasteiger partial charge in [0, 0.05) is 17.5 Å². The van der Waals surface area contributed by atoms with E-state index in [-0.39, 0.29) is 37.8 Å². The fraction of sp³-hybridized carbons (Fsp3) is 0.257. The lowest BCUT2D eigenvalue weighted by Crippen LogP contribution is -2.32. The molecule has 0 radical (unpaired) electrons. The Labute approximate surface area is 243 Å². The second-order valence-corrected chi connectivity index (χ2v) is 11.1. The maximum absolute atomic E-state index is 13.9. The number of carbonyl (C=O) groups excluding carboxylic acids is 1. The highest BCUT2D eigenvalue weighted by Gasteiger charge is 2.45. The molecule has 8 rings (SSSR count). The number of ether oxygens (including phenoxy) is 5. The number of rotatable bonds is 6. The van der Waals surface area contributed by atoms with E-state index in [1.807, 2.05) is 66.7 Å². The Hall–Kier alpha value is -4.78. The van der Waals surface area contributed by atoms with Crippen molar-refractivity contribution in [2.24, 2.45) is 10.9 Å². The van der Waals surface area contributed by atoms with Crippen molar-refractivity contribution in [3.63, 3.8) is 0 Å². The highest BCUT2D eigenvalue weighted by molar-refractivity contribution is 6.10. The molecule has 3 aliphatic heterocycles. The third kappa shape index (κ3) is 4.45. The largest absolute Gasteiger partial charge is 0.486 e. The van der Waals surface area contributed by atoms with Crippen molar-refractivity contribution < 1.29 is 28.5 Å². The summed E-state index contributed by atoms with van der Waals surface area (Å²) in [7, 11) is 0. The molecule has 4 aromatic rings. The lowest BCUT2D eigenvalue weighted by Gasteiger charge is -2.29. The molecule has 7 nitrogen and oxygen atoms in total. The minimum absolute atomic E-state index is 0.0323. The molecule has 3 atom stereocenters. The molecule has 4 aliphatic rings. The van der Waals surface area contributed by atoms with Crippen molar-refractivity contribution in [1.82, 2.24) is 0 Å². The van der Waals surface area contributed by atoms with Crippen molar-refractivity contribution >= 4 is 28.3 Å². The van der Waals surface area contributed by atoms with Crippen molar-refractivity contribution in [2.75, 3.05) is 20.2 Å². The normalized spacial score (nSPS) is 22.7. The molecule has 3 unspecified atom stereocenters. The van der Waals surface area contributed by atoms with Crippen LogP contribution in [0.15, 0.2) is 89.4 Å². The van der Waals surface area contributed by atoms with E-state index in [4.69, 9.17) is 28.7 Å². The van der Waals surface area contributed by atoms with Crippen LogP contribution in [0.3, 0.4) is 0 Å². The number of nitrogens with zero attached hydrogens (tertiary/aromatic N) is 1. The summed E-state index contributed by atoms with van der Waals surface area (Å²) < 4.78 is 28.4. The van der Waals surface area contributed by atoms with Gasteiger partial charge in [0.1, 0.15) is 18.4 Å². The molecule has 210 valence electrons. The first-order valence-electron chi connectivity index (χ1n) is 14.4. The van der Waals surface area contributed by atoms with Gasteiger partial charge in [-0.2, -0.15) is 0 Å². The number of ketones is 1. The minimum Gasteiger partial charge on any atom is -0.486 e. The van der Waals surface area contributed by atoms with E-state index in [1.165, 1.54) is 5.57 Å². The van der Waals surface area contributed by atoms with Gasteiger partial charge in [-0.25, -0.2) is 0 Å². The lowest BCUT2D eigenvalue weighted by atomic mass is 9.73. The van der Waals surface area contributed by atoms with Gasteiger partial charge in [0.05, 0.1) is 0 Å². The molecule has 0 saturated heterocycles. The van der Waals surface area contributed by atoms with E-state index in [2.05, 4.69) is 18.2 Å². The standard InChI is InChI=1S/C35H29NO6/c37-28(18-38-26-11-9-22-4-1-2-5-23(22)16-26)35-33(24-10-13-30-32(17-24)42-20-40-30)27-7-3-6-25(34(27)36-35)14-21-8-12-29-31(15-21)41-19-39-29/h1-2,4-5,8-17,27,33,35H,3,6-7,18-20H2/b25-14+. The molecule has 1 saturated carbocycles. The predicted octanol–water partition coefficient (Wildman–Crippen LogP) is 6.74. The van der Waals surface area contributed by atoms with Gasteiger partial charge in [-0.05, 0) is 89.2 Å². The average Bonchev–Trinajstić information content (AvgIpc) is 3.78. The lowest BCUT2D eigenvalue weighted by molar-refractivity contribution is -0.122. The first kappa shape index (κ1) is 25.0. The number of carbonyl (C=O) groups is 1. The fourth-order valence-electron chi connectivity index (χ4n) is 6.65. The van der Waals surface area contributed by atoms with Crippen molar-refractivity contribution in [3.05, 3.63) is 95.6 Å². The maximum Gasteiger partial charge on any atom is 0.231 e. The number of aliphatic imine (C=N–C) groups is 1. The molecule has 7 heteroatoms. The van der Waals surface area contributed by atoms with Gasteiger partial charge in [-0.3, -0.25) is 9.79 Å². The number of allylic oxidation sites excluding steroid dienone is 1. The van der Waals surface area contributed by atoms with Crippen LogP contribution in [0, 0.1) is 5.92 Å². The van der Waals surface area contributed by atoms with Gasteiger partial charge >= 0.3 is 0 Å². The third-order valence-electron chi connectivity index (χ3n) is 8.64. The number of Topliss-reactive ketones (excluding diaryl/α,β-unsaturated/α-hetero) is 1. The highest BCUT2D eigenvalue weighted by Crippen LogP contribution is 2.47. The molecule has 0 bridgehead atoms. The van der Waals surface area contributed by atoms with Crippen molar-refractivity contribution in [3.8, 4) is 28.7 Å². The molecule has 42 heavy (non-hydrogen) atoms. The number of hydrogen-bond acceptors (Lipinski definition) is 7. The Kier molecular flexibility index (Phi) is 6.09. The van der Waals surface area contributed by atoms with Gasteiger partial charge in [-0.15, -0.1) is 0 Å². The Balaban J connectivity index is 1.12. The monoisotopic (exact) mass is 559 g/mol. The van der Waals surface area contributed by atoms with E-state index in [1.54, 1.807) is 0 Å². The summed E-state index contributed by atoms with van der Waals surface area (Å²) in [6.45, 7) is 0.403. The van der Waals surface area contributed by atoms with Gasteiger partial charge < -0.3 is 23.7 Å². The SMILES string of the molecule is O=C(COc1ccc2ccccc2c1)C1N=C2/C(=C/c3ccc4c(c3)OCO4)CCCC2C1c1ccc2c(c1)OCO2. The van der Waals surface area contributed by atoms with Gasteiger partial charge in [0.25, 0.3) is 0 Å². The minimum atomic E-state index is -0.552. The van der Waals surface area contributed by atoms with E-state index in [9.17, 15) is 4.79 Å². The average molecular weight is 560 g/mol. The molecule has 0 aromatic heterocycles. The Morgan fingerprint density at radius 3 is 2.45 bits per heavy atom. The van der Waals surface area contributed by atoms with Crippen LogP contribution in [0.5, 0.6) is 28.7 Å². The summed E-state index contributed by atoms with van der Waals surface area (Å²) in [6.07, 6.45) is 5.08. The zero-order chi connectivity index (χ0) is 28.0. The first-order chi connectivity index (χ1) is 20.7. The molecule has 4 aromatic carbocycles. The topological polar surface area (TPSA) is 75.6 Å². The summed E-state index contributed by atoms with van der Waals surface area (Å²) in [5, 5.41) is 2.21. The van der Waals surface area contributed by atoms with Crippen LogP contribution >= 0.6 is 0 Å². The predicted molar refractivity (Wildman–Crippen MR) is 159 cm³/mol. The number of benzene rings is 4. The second kappa shape index (κ2) is 10.2. The summed E-state index contributed by atoms with van der Waals surface area (Å²) in [4.78, 5) is 19.1. The van der Waals surface area contributed by atoms with Crippen LogP contribution in [0.1, 0.15) is 36.3 Å². The van der Waals surface area contributed by atoms with E-state index in [0.29, 0.717) is 11.5 Å². The van der Waals surface area contributed by atoms with Crippen LogP contribution in [-0.4, -0.2) is 37.7 Å². The van der Waals surface area contributed by atoms with E-state index in [0.717, 1.165) is 64.1 Å². The van der Waals surface area contributed by atoms with Crippen molar-refractivity contribution in [1.29, 1.82) is 0 Å². The fourth-order valence-corrected chi connectivity index (χ4v) is 6.65. The molecule has 0 spiro atoms. The molecule has 0 amide bonds. The maximum atomic E-state index is 13.9. The molecule has 1 aliphatic carbocycles. The van der Waals surface area contributed by atoms with Crippen molar-refractivity contribution in [2.45, 2.75) is 31.2 Å². The summed E-state index contributed by atoms with van der Waals surface area (Å²) >= 11 is 0. The number of fused-ring (bicyclic) bond motifs is 4. The van der Waals surface area contributed by atoms with Crippen LogP contribution in [-0.2, 0) is 4.79 Å². The smallest absolute Gasteiger partial charge is 0.231 e. The Bertz CT molecular complexity index is 1770. The second-order valence-electron chi connectivity index (χ2n) is 11.1. The zero-order valence-corrected chi connectivity index (χ0v) is 23.0. The Morgan fingerprint density at radius 2 is 1.60 bits per heavy atom. The molecule has 1 fully saturated rings. The number of hydrogen-bond donors (Lipinski definition) is 0. The summed E-state index contributed by atoms with van der Waals surface area (Å²) in [5.74, 6) is 3.61. The zero-order valence-electron chi connectivity index (χ0n) is 23.0. The van der Waals surface area contributed by atoms with Gasteiger partial charge in [0.15, 0.2) is 28.8 Å². The van der Waals surface area contributed by atoms with E-state index >= 15 is 0 Å². The van der Waals surface area contributed by atoms with Gasteiger partial charge in [-0.1, -0.05) is 42.5 Å². The van der Waals surface area contributed by atoms with Crippen LogP contribution in [0.25, 0.3) is 16.8 Å². The van der Waals surface area contributed by atoms with Crippen LogP contribution in [0.4, 0.5) is 0 Å². The van der Waals surface area contributed by atoms with Crippen LogP contribution < -0.4 is 23.7 Å². The molecule has 0 N–H and O–H groups in total. The van der Waals surface area contributed by atoms with Gasteiger partial charge in [0.2, 0.25) is 13.6 Å². The Morgan fingerprint density at radius 1 is 0.833 bits per heavy atom. The van der Waals surface area contributed by atoms with Crippen LogP contribution in [0.2, 0.25) is 0 Å². The van der Waals surface area contributed by atoms with E-state index < -0.39 is 6.04 Å². The third-order valence-corrected chi connectivity index (χ3v) is 8.64. The summed E-state index contributed by atoms with van der Waals surface area (Å²) in [5.41, 5.74) is 4.26.